The number of aromatic nitrogens is 4. The average molecular weight is 346 g/mol. The molecule has 0 saturated carbocycles. The number of aryl methyl sites for hydroxylation is 1. The summed E-state index contributed by atoms with van der Waals surface area (Å²) < 4.78 is 1.83. The summed E-state index contributed by atoms with van der Waals surface area (Å²) in [5, 5.41) is 0.0655. The van der Waals surface area contributed by atoms with Crippen molar-refractivity contribution in [3.05, 3.63) is 56.3 Å². The van der Waals surface area contributed by atoms with Gasteiger partial charge in [-0.25, -0.2) is 19.3 Å². The fourth-order valence-corrected chi connectivity index (χ4v) is 2.58. The van der Waals surface area contributed by atoms with Gasteiger partial charge in [0, 0.05) is 12.6 Å². The van der Waals surface area contributed by atoms with Gasteiger partial charge < -0.3 is 5.73 Å². The number of carbonyl (C=O) groups excluding carboxylic acids is 1. The highest BCUT2D eigenvalue weighted by atomic mass is 35.5. The van der Waals surface area contributed by atoms with Crippen LogP contribution in [0.3, 0.4) is 0 Å². The van der Waals surface area contributed by atoms with Crippen LogP contribution in [0.2, 0.25) is 5.15 Å². The molecule has 3 rings (SSSR count). The Morgan fingerprint density at radius 1 is 1.21 bits per heavy atom. The number of hydrogen-bond acceptors (Lipinski definition) is 5. The molecule has 9 heteroatoms. The van der Waals surface area contributed by atoms with Crippen LogP contribution in [0.1, 0.15) is 0 Å². The number of amides is 1. The number of benzene rings is 1. The quantitative estimate of drug-likeness (QED) is 0.733. The minimum absolute atomic E-state index is 0.0374. The lowest BCUT2D eigenvalue weighted by Crippen LogP contribution is -2.42. The summed E-state index contributed by atoms with van der Waals surface area (Å²) in [7, 11) is 1.41. The van der Waals surface area contributed by atoms with E-state index in [1.54, 1.807) is 24.3 Å². The minimum Gasteiger partial charge on any atom is -0.368 e. The van der Waals surface area contributed by atoms with Crippen LogP contribution >= 0.6 is 11.6 Å². The summed E-state index contributed by atoms with van der Waals surface area (Å²) in [5.74, 6) is -0.807. The number of halogens is 1. The van der Waals surface area contributed by atoms with Crippen molar-refractivity contribution in [2.24, 2.45) is 12.8 Å². The molecule has 0 aliphatic heterocycles. The summed E-state index contributed by atoms with van der Waals surface area (Å²) >= 11 is 6.17. The Bertz CT molecular complexity index is 1070. The first-order chi connectivity index (χ1) is 11.4. The normalized spacial score (nSPS) is 10.9. The third-order valence-corrected chi connectivity index (χ3v) is 3.74. The van der Waals surface area contributed by atoms with Crippen molar-refractivity contribution in [3.8, 4) is 11.3 Å². The van der Waals surface area contributed by atoms with E-state index in [0.29, 0.717) is 11.3 Å². The molecule has 24 heavy (non-hydrogen) atoms. The van der Waals surface area contributed by atoms with Gasteiger partial charge in [-0.05, 0) is 0 Å². The second-order valence-corrected chi connectivity index (χ2v) is 5.46. The van der Waals surface area contributed by atoms with Gasteiger partial charge in [0.15, 0.2) is 16.3 Å². The van der Waals surface area contributed by atoms with Gasteiger partial charge >= 0.3 is 5.69 Å². The molecule has 0 spiro atoms. The predicted molar refractivity (Wildman–Crippen MR) is 88.7 cm³/mol. The molecule has 1 amide bonds. The monoisotopic (exact) mass is 345 g/mol. The van der Waals surface area contributed by atoms with Crippen molar-refractivity contribution in [2.75, 3.05) is 0 Å². The lowest BCUT2D eigenvalue weighted by molar-refractivity contribution is -0.118. The molecule has 0 unspecified atom stereocenters. The SMILES string of the molecule is Cn1c(=O)n(CC(N)=O)c(=O)c2nc(-c3ccccc3)c(Cl)nc21. The van der Waals surface area contributed by atoms with Crippen LogP contribution in [0, 0.1) is 0 Å². The molecule has 0 fully saturated rings. The van der Waals surface area contributed by atoms with Gasteiger partial charge in [0.25, 0.3) is 5.56 Å². The van der Waals surface area contributed by atoms with E-state index in [1.165, 1.54) is 7.05 Å². The van der Waals surface area contributed by atoms with Crippen LogP contribution in [-0.2, 0) is 18.4 Å². The Morgan fingerprint density at radius 2 is 1.88 bits per heavy atom. The minimum atomic E-state index is -0.807. The average Bonchev–Trinajstić information content (AvgIpc) is 2.57. The lowest BCUT2D eigenvalue weighted by atomic mass is 10.1. The Kier molecular flexibility index (Phi) is 3.90. The topological polar surface area (TPSA) is 113 Å². The summed E-state index contributed by atoms with van der Waals surface area (Å²) in [6, 6.07) is 8.96. The zero-order valence-electron chi connectivity index (χ0n) is 12.6. The van der Waals surface area contributed by atoms with Gasteiger partial charge in [0.05, 0.1) is 0 Å². The molecule has 8 nitrogen and oxygen atoms in total. The number of hydrogen-bond donors (Lipinski definition) is 1. The van der Waals surface area contributed by atoms with E-state index in [-0.39, 0.29) is 16.3 Å². The van der Waals surface area contributed by atoms with Crippen LogP contribution in [0.5, 0.6) is 0 Å². The number of nitrogens with two attached hydrogens (primary N) is 1. The molecule has 2 aromatic heterocycles. The van der Waals surface area contributed by atoms with E-state index in [1.807, 2.05) is 6.07 Å². The van der Waals surface area contributed by atoms with Crippen LogP contribution in [-0.4, -0.2) is 25.0 Å². The van der Waals surface area contributed by atoms with Gasteiger partial charge in [-0.3, -0.25) is 14.2 Å². The van der Waals surface area contributed by atoms with Crippen molar-refractivity contribution >= 4 is 28.7 Å². The predicted octanol–water partition coefficient (Wildman–Crippen LogP) is 0.296. The number of nitrogens with zero attached hydrogens (tertiary/aromatic N) is 4. The standard InChI is InChI=1S/C15H12ClN5O3/c1-20-13-11(14(23)21(15(20)24)7-9(17)22)18-10(12(16)19-13)8-5-3-2-4-6-8/h2-6H,7H2,1H3,(H2,17,22). The Balaban J connectivity index is 2.39. The van der Waals surface area contributed by atoms with Crippen LogP contribution in [0.15, 0.2) is 39.9 Å². The zero-order chi connectivity index (χ0) is 17.4. The molecule has 3 aromatic rings. The van der Waals surface area contributed by atoms with Gasteiger partial charge in [-0.2, -0.15) is 0 Å². The second-order valence-electron chi connectivity index (χ2n) is 5.10. The van der Waals surface area contributed by atoms with E-state index in [4.69, 9.17) is 17.3 Å². The van der Waals surface area contributed by atoms with Crippen molar-refractivity contribution < 1.29 is 4.79 Å². The molecular formula is C15H12ClN5O3. The van der Waals surface area contributed by atoms with E-state index in [9.17, 15) is 14.4 Å². The largest absolute Gasteiger partial charge is 0.368 e. The number of primary amides is 1. The highest BCUT2D eigenvalue weighted by Gasteiger charge is 2.18. The highest BCUT2D eigenvalue weighted by Crippen LogP contribution is 2.25. The zero-order valence-corrected chi connectivity index (χ0v) is 13.3. The maximum Gasteiger partial charge on any atom is 0.332 e. The molecule has 0 aliphatic carbocycles. The molecule has 0 aliphatic rings. The molecule has 122 valence electrons. The van der Waals surface area contributed by atoms with Crippen molar-refractivity contribution in [2.45, 2.75) is 6.54 Å². The first kappa shape index (κ1) is 15.9. The highest BCUT2D eigenvalue weighted by molar-refractivity contribution is 6.32. The smallest absolute Gasteiger partial charge is 0.332 e. The summed E-state index contributed by atoms with van der Waals surface area (Å²) in [6.45, 7) is -0.535. The van der Waals surface area contributed by atoms with Crippen LogP contribution in [0.4, 0.5) is 0 Å². The molecule has 0 saturated heterocycles. The molecule has 2 heterocycles. The third kappa shape index (κ3) is 2.56. The molecular weight excluding hydrogens is 334 g/mol. The first-order valence-corrected chi connectivity index (χ1v) is 7.28. The summed E-state index contributed by atoms with van der Waals surface area (Å²) in [4.78, 5) is 44.3. The summed E-state index contributed by atoms with van der Waals surface area (Å²) in [5.41, 5.74) is 4.59. The van der Waals surface area contributed by atoms with Gasteiger partial charge in [0.1, 0.15) is 12.2 Å². The second kappa shape index (κ2) is 5.89. The van der Waals surface area contributed by atoms with Crippen molar-refractivity contribution in [3.63, 3.8) is 0 Å². The van der Waals surface area contributed by atoms with Crippen molar-refractivity contribution in [1.29, 1.82) is 0 Å². The number of carbonyl (C=O) groups is 1. The Morgan fingerprint density at radius 3 is 2.50 bits per heavy atom. The Labute approximate surface area is 140 Å². The molecule has 0 bridgehead atoms. The van der Waals surface area contributed by atoms with Crippen molar-refractivity contribution in [1.82, 2.24) is 19.1 Å². The lowest BCUT2D eigenvalue weighted by Gasteiger charge is -2.10. The van der Waals surface area contributed by atoms with Crippen LogP contribution < -0.4 is 17.0 Å². The van der Waals surface area contributed by atoms with Gasteiger partial charge in [0.2, 0.25) is 5.91 Å². The molecule has 0 radical (unpaired) electrons. The van der Waals surface area contributed by atoms with Gasteiger partial charge in [-0.1, -0.05) is 41.9 Å². The maximum atomic E-state index is 12.5. The maximum absolute atomic E-state index is 12.5. The third-order valence-electron chi connectivity index (χ3n) is 3.48. The molecule has 0 atom stereocenters. The van der Waals surface area contributed by atoms with E-state index in [0.717, 1.165) is 9.13 Å². The molecule has 1 aromatic carbocycles. The fourth-order valence-electron chi connectivity index (χ4n) is 2.35. The number of fused-ring (bicyclic) bond motifs is 1. The van der Waals surface area contributed by atoms with E-state index in [2.05, 4.69) is 9.97 Å². The van der Waals surface area contributed by atoms with E-state index < -0.39 is 23.7 Å². The van der Waals surface area contributed by atoms with Gasteiger partial charge in [-0.15, -0.1) is 0 Å². The molecule has 2 N–H and O–H groups in total. The van der Waals surface area contributed by atoms with Crippen LogP contribution in [0.25, 0.3) is 22.4 Å². The number of rotatable bonds is 3. The van der Waals surface area contributed by atoms with E-state index >= 15 is 0 Å². The fraction of sp³-hybridized carbons (Fsp3) is 0.133. The first-order valence-electron chi connectivity index (χ1n) is 6.91. The summed E-state index contributed by atoms with van der Waals surface area (Å²) in [6.07, 6.45) is 0. The Hall–Kier alpha value is -3.00.